The summed E-state index contributed by atoms with van der Waals surface area (Å²) in [7, 11) is 0. The van der Waals surface area contributed by atoms with Gasteiger partial charge in [0.1, 0.15) is 0 Å². The van der Waals surface area contributed by atoms with Crippen molar-refractivity contribution in [3.05, 3.63) is 83.0 Å². The third-order valence-electron chi connectivity index (χ3n) is 4.70. The molecular weight excluding hydrogens is 240 g/mol. The van der Waals surface area contributed by atoms with E-state index < -0.39 is 0 Å². The van der Waals surface area contributed by atoms with Crippen LogP contribution in [-0.4, -0.2) is 0 Å². The van der Waals surface area contributed by atoms with Gasteiger partial charge < -0.3 is 0 Å². The van der Waals surface area contributed by atoms with E-state index in [1.54, 1.807) is 5.57 Å². The number of hydrogen-bond donors (Lipinski definition) is 0. The van der Waals surface area contributed by atoms with Crippen molar-refractivity contribution in [2.24, 2.45) is 0 Å². The van der Waals surface area contributed by atoms with Crippen molar-refractivity contribution in [3.63, 3.8) is 0 Å². The van der Waals surface area contributed by atoms with Gasteiger partial charge in [0.05, 0.1) is 0 Å². The molecule has 2 aromatic carbocycles. The average Bonchev–Trinajstić information content (AvgIpc) is 3.03. The van der Waals surface area contributed by atoms with Gasteiger partial charge in [-0.05, 0) is 42.0 Å². The van der Waals surface area contributed by atoms with Gasteiger partial charge in [-0.25, -0.2) is 0 Å². The molecule has 0 nitrogen and oxygen atoms in total. The molecule has 0 amide bonds. The molecule has 0 aromatic heterocycles. The molecule has 0 saturated carbocycles. The highest BCUT2D eigenvalue weighted by molar-refractivity contribution is 5.78. The smallest absolute Gasteiger partial charge is 0.0139 e. The van der Waals surface area contributed by atoms with Crippen LogP contribution in [0.1, 0.15) is 36.8 Å². The lowest BCUT2D eigenvalue weighted by Crippen LogP contribution is -1.99. The van der Waals surface area contributed by atoms with Crippen LogP contribution >= 0.6 is 0 Å². The second-order valence-corrected chi connectivity index (χ2v) is 5.82. The lowest BCUT2D eigenvalue weighted by molar-refractivity contribution is 0.799. The molecule has 0 aliphatic heterocycles. The Kier molecular flexibility index (Phi) is 2.63. The third-order valence-corrected chi connectivity index (χ3v) is 4.70. The zero-order valence-electron chi connectivity index (χ0n) is 11.8. The fraction of sp³-hybridized carbons (Fsp3) is 0.200. The summed E-state index contributed by atoms with van der Waals surface area (Å²) >= 11 is 0. The summed E-state index contributed by atoms with van der Waals surface area (Å²) < 4.78 is 0. The second kappa shape index (κ2) is 4.49. The molecule has 2 aromatic rings. The lowest BCUT2D eigenvalue weighted by Gasteiger charge is -2.15. The summed E-state index contributed by atoms with van der Waals surface area (Å²) in [6, 6.07) is 17.8. The van der Waals surface area contributed by atoms with Crippen LogP contribution in [0.5, 0.6) is 0 Å². The topological polar surface area (TPSA) is 0 Å². The molecule has 0 spiro atoms. The molecule has 0 radical (unpaired) electrons. The fourth-order valence-corrected chi connectivity index (χ4v) is 3.63. The molecule has 2 aliphatic carbocycles. The molecule has 0 N–H and O–H groups in total. The summed E-state index contributed by atoms with van der Waals surface area (Å²) in [5.41, 5.74) is 8.92. The van der Waals surface area contributed by atoms with E-state index in [2.05, 4.69) is 67.6 Å². The highest BCUT2D eigenvalue weighted by Gasteiger charge is 2.28. The Morgan fingerprint density at radius 2 is 1.50 bits per heavy atom. The van der Waals surface area contributed by atoms with Crippen molar-refractivity contribution in [2.45, 2.75) is 25.7 Å². The minimum absolute atomic E-state index is 0.534. The zero-order valence-corrected chi connectivity index (χ0v) is 11.8. The minimum atomic E-state index is 0.534. The van der Waals surface area contributed by atoms with Crippen molar-refractivity contribution in [2.75, 3.05) is 0 Å². The van der Waals surface area contributed by atoms with Crippen LogP contribution in [0.4, 0.5) is 0 Å². The first-order chi connectivity index (χ1) is 9.84. The first-order valence-electron chi connectivity index (χ1n) is 7.38. The van der Waals surface area contributed by atoms with Gasteiger partial charge in [0, 0.05) is 5.92 Å². The van der Waals surface area contributed by atoms with Crippen LogP contribution in [-0.2, 0) is 0 Å². The summed E-state index contributed by atoms with van der Waals surface area (Å²) in [5, 5.41) is 0. The summed E-state index contributed by atoms with van der Waals surface area (Å²) in [6.07, 6.45) is 6.85. The number of allylic oxidation sites excluding steroid dienone is 4. The van der Waals surface area contributed by atoms with Crippen molar-refractivity contribution >= 4 is 0 Å². The van der Waals surface area contributed by atoms with Gasteiger partial charge in [-0.15, -0.1) is 0 Å². The van der Waals surface area contributed by atoms with E-state index in [9.17, 15) is 0 Å². The van der Waals surface area contributed by atoms with E-state index in [4.69, 9.17) is 0 Å². The molecule has 0 bridgehead atoms. The third kappa shape index (κ3) is 1.68. The number of fused-ring (bicyclic) bond motifs is 3. The largest absolute Gasteiger partial charge is 0.0802 e. The van der Waals surface area contributed by atoms with Crippen LogP contribution in [0, 0.1) is 0 Å². The summed E-state index contributed by atoms with van der Waals surface area (Å²) in [5.74, 6) is 0.534. The minimum Gasteiger partial charge on any atom is -0.0802 e. The van der Waals surface area contributed by atoms with Gasteiger partial charge in [0.25, 0.3) is 0 Å². The highest BCUT2D eigenvalue weighted by Crippen LogP contribution is 2.48. The summed E-state index contributed by atoms with van der Waals surface area (Å²) in [4.78, 5) is 0. The quantitative estimate of drug-likeness (QED) is 0.670. The van der Waals surface area contributed by atoms with E-state index in [-0.39, 0.29) is 0 Å². The van der Waals surface area contributed by atoms with Gasteiger partial charge in [-0.3, -0.25) is 0 Å². The molecule has 4 rings (SSSR count). The van der Waals surface area contributed by atoms with E-state index in [0.717, 1.165) is 12.8 Å². The van der Waals surface area contributed by atoms with Crippen molar-refractivity contribution in [1.29, 1.82) is 0 Å². The first kappa shape index (κ1) is 11.7. The van der Waals surface area contributed by atoms with Gasteiger partial charge in [-0.1, -0.05) is 71.8 Å². The van der Waals surface area contributed by atoms with Gasteiger partial charge in [0.15, 0.2) is 0 Å². The van der Waals surface area contributed by atoms with Gasteiger partial charge in [-0.2, -0.15) is 0 Å². The molecule has 20 heavy (non-hydrogen) atoms. The Labute approximate surface area is 120 Å². The maximum Gasteiger partial charge on any atom is 0.0139 e. The molecule has 0 atom stereocenters. The zero-order chi connectivity index (χ0) is 13.5. The molecule has 2 aliphatic rings. The predicted molar refractivity (Wildman–Crippen MR) is 84.8 cm³/mol. The Morgan fingerprint density at radius 1 is 0.900 bits per heavy atom. The Bertz CT molecular complexity index is 686. The molecule has 98 valence electrons. The van der Waals surface area contributed by atoms with Crippen molar-refractivity contribution in [1.82, 2.24) is 0 Å². The second-order valence-electron chi connectivity index (χ2n) is 5.82. The van der Waals surface area contributed by atoms with E-state index >= 15 is 0 Å². The van der Waals surface area contributed by atoms with Gasteiger partial charge in [0.2, 0.25) is 0 Å². The Balaban J connectivity index is 1.82. The van der Waals surface area contributed by atoms with Gasteiger partial charge >= 0.3 is 0 Å². The van der Waals surface area contributed by atoms with Crippen molar-refractivity contribution in [3.8, 4) is 11.1 Å². The molecule has 0 heteroatoms. The first-order valence-corrected chi connectivity index (χ1v) is 7.38. The standard InChI is InChI=1S/C20H18/c1-14-7-6-8-15(14)13-20-18-11-4-2-9-16(18)17-10-3-5-12-19(17)20/h2-7,9-12,20H,8,13H2,1H3. The maximum absolute atomic E-state index is 2.30. The van der Waals surface area contributed by atoms with Crippen LogP contribution < -0.4 is 0 Å². The molecule has 0 unspecified atom stereocenters. The maximum atomic E-state index is 2.30. The van der Waals surface area contributed by atoms with Crippen LogP contribution in [0.2, 0.25) is 0 Å². The van der Waals surface area contributed by atoms with E-state index in [1.807, 2.05) is 0 Å². The average molecular weight is 258 g/mol. The van der Waals surface area contributed by atoms with Crippen LogP contribution in [0.25, 0.3) is 11.1 Å². The molecular formula is C20H18. The summed E-state index contributed by atoms with van der Waals surface area (Å²) in [6.45, 7) is 2.24. The van der Waals surface area contributed by atoms with E-state index in [1.165, 1.54) is 27.8 Å². The highest BCUT2D eigenvalue weighted by atomic mass is 14.3. The predicted octanol–water partition coefficient (Wildman–Crippen LogP) is 5.47. The normalized spacial score (nSPS) is 16.6. The Morgan fingerprint density at radius 3 is 2.05 bits per heavy atom. The van der Waals surface area contributed by atoms with E-state index in [0.29, 0.717) is 5.92 Å². The molecule has 0 saturated heterocycles. The lowest BCUT2D eigenvalue weighted by atomic mass is 9.88. The fourth-order valence-electron chi connectivity index (χ4n) is 3.63. The van der Waals surface area contributed by atoms with Crippen LogP contribution in [0.3, 0.4) is 0 Å². The van der Waals surface area contributed by atoms with Crippen LogP contribution in [0.15, 0.2) is 71.8 Å². The number of hydrogen-bond acceptors (Lipinski definition) is 0. The monoisotopic (exact) mass is 258 g/mol. The number of benzene rings is 2. The SMILES string of the molecule is CC1=C(CC2c3ccccc3-c3ccccc32)CC=C1. The molecule has 0 heterocycles. The molecule has 0 fully saturated rings. The van der Waals surface area contributed by atoms with Crippen molar-refractivity contribution < 1.29 is 0 Å². The Hall–Kier alpha value is -2.08. The number of rotatable bonds is 2.